The molecule has 2 amide bonds. The summed E-state index contributed by atoms with van der Waals surface area (Å²) in [5.74, 6) is -1.02. The molecule has 1 heterocycles. The summed E-state index contributed by atoms with van der Waals surface area (Å²) in [6.07, 6.45) is 0. The summed E-state index contributed by atoms with van der Waals surface area (Å²) in [6.45, 7) is 6.99. The number of amides is 2. The van der Waals surface area contributed by atoms with Gasteiger partial charge in [0.05, 0.1) is 6.04 Å². The van der Waals surface area contributed by atoms with E-state index in [4.69, 9.17) is 5.11 Å². The average molecular weight is 284 g/mol. The highest BCUT2D eigenvalue weighted by atomic mass is 32.1. The molecule has 0 aromatic carbocycles. The van der Waals surface area contributed by atoms with Crippen LogP contribution in [0, 0.1) is 0 Å². The lowest BCUT2D eigenvalue weighted by Gasteiger charge is -2.35. The van der Waals surface area contributed by atoms with E-state index in [2.05, 4.69) is 5.32 Å². The van der Waals surface area contributed by atoms with Crippen molar-refractivity contribution in [1.29, 1.82) is 0 Å². The van der Waals surface area contributed by atoms with Crippen molar-refractivity contribution in [2.45, 2.75) is 39.3 Å². The van der Waals surface area contributed by atoms with Gasteiger partial charge in [0.15, 0.2) is 0 Å². The third-order valence-electron chi connectivity index (χ3n) is 2.73. The number of hydrogen-bond acceptors (Lipinski definition) is 3. The third-order valence-corrected chi connectivity index (χ3v) is 3.43. The van der Waals surface area contributed by atoms with Gasteiger partial charge in [-0.25, -0.2) is 4.79 Å². The Morgan fingerprint density at radius 2 is 2.11 bits per heavy atom. The summed E-state index contributed by atoms with van der Waals surface area (Å²) < 4.78 is 0. The molecular weight excluding hydrogens is 264 g/mol. The topological polar surface area (TPSA) is 69.6 Å². The number of aliphatic carboxylic acids is 1. The SMILES string of the molecule is CC(NC(=O)N(CC(=O)O)C(C)(C)C)c1ccsc1. The van der Waals surface area contributed by atoms with Gasteiger partial charge >= 0.3 is 12.0 Å². The normalized spacial score (nSPS) is 12.8. The van der Waals surface area contributed by atoms with Crippen LogP contribution in [0.5, 0.6) is 0 Å². The van der Waals surface area contributed by atoms with E-state index in [1.165, 1.54) is 4.90 Å². The molecule has 1 aromatic heterocycles. The van der Waals surface area contributed by atoms with Crippen LogP contribution in [-0.2, 0) is 4.79 Å². The lowest BCUT2D eigenvalue weighted by molar-refractivity contribution is -0.138. The molecule has 0 aliphatic carbocycles. The Morgan fingerprint density at radius 1 is 1.47 bits per heavy atom. The third kappa shape index (κ3) is 4.55. The van der Waals surface area contributed by atoms with Crippen molar-refractivity contribution >= 4 is 23.3 Å². The molecule has 0 aliphatic rings. The Bertz CT molecular complexity index is 437. The first-order chi connectivity index (χ1) is 8.71. The molecule has 2 N–H and O–H groups in total. The number of carbonyl (C=O) groups is 2. The van der Waals surface area contributed by atoms with Crippen LogP contribution in [0.3, 0.4) is 0 Å². The number of thiophene rings is 1. The molecule has 0 aliphatic heterocycles. The first kappa shape index (κ1) is 15.5. The van der Waals surface area contributed by atoms with Crippen LogP contribution in [0.25, 0.3) is 0 Å². The van der Waals surface area contributed by atoms with Gasteiger partial charge in [0.25, 0.3) is 0 Å². The highest BCUT2D eigenvalue weighted by molar-refractivity contribution is 7.07. The van der Waals surface area contributed by atoms with Crippen LogP contribution >= 0.6 is 11.3 Å². The first-order valence-electron chi connectivity index (χ1n) is 6.04. The molecular formula is C13H20N2O3S. The summed E-state index contributed by atoms with van der Waals surface area (Å²) in [6, 6.07) is 1.43. The molecule has 1 rings (SSSR count). The predicted octanol–water partition coefficient (Wildman–Crippen LogP) is 2.70. The van der Waals surface area contributed by atoms with Crippen LogP contribution in [-0.4, -0.2) is 34.1 Å². The highest BCUT2D eigenvalue weighted by Crippen LogP contribution is 2.18. The van der Waals surface area contributed by atoms with E-state index in [0.717, 1.165) is 5.56 Å². The minimum Gasteiger partial charge on any atom is -0.480 e. The van der Waals surface area contributed by atoms with Gasteiger partial charge in [0.2, 0.25) is 0 Å². The summed E-state index contributed by atoms with van der Waals surface area (Å²) in [5, 5.41) is 15.6. The van der Waals surface area contributed by atoms with Crippen LogP contribution in [0.15, 0.2) is 16.8 Å². The number of nitrogens with one attached hydrogen (secondary N) is 1. The van der Waals surface area contributed by atoms with Crippen molar-refractivity contribution < 1.29 is 14.7 Å². The predicted molar refractivity (Wildman–Crippen MR) is 75.4 cm³/mol. The van der Waals surface area contributed by atoms with Gasteiger partial charge in [-0.05, 0) is 50.1 Å². The summed E-state index contributed by atoms with van der Waals surface area (Å²) in [7, 11) is 0. The van der Waals surface area contributed by atoms with E-state index in [-0.39, 0.29) is 18.6 Å². The molecule has 0 saturated heterocycles. The number of urea groups is 1. The zero-order chi connectivity index (χ0) is 14.6. The molecule has 0 fully saturated rings. The molecule has 0 spiro atoms. The molecule has 19 heavy (non-hydrogen) atoms. The molecule has 0 bridgehead atoms. The largest absolute Gasteiger partial charge is 0.480 e. The lowest BCUT2D eigenvalue weighted by Crippen LogP contribution is -2.52. The Labute approximate surface area is 117 Å². The van der Waals surface area contributed by atoms with Crippen molar-refractivity contribution in [1.82, 2.24) is 10.2 Å². The van der Waals surface area contributed by atoms with E-state index >= 15 is 0 Å². The molecule has 1 unspecified atom stereocenters. The zero-order valence-electron chi connectivity index (χ0n) is 11.6. The van der Waals surface area contributed by atoms with Crippen LogP contribution in [0.4, 0.5) is 4.79 Å². The monoisotopic (exact) mass is 284 g/mol. The Balaban J connectivity index is 2.75. The fourth-order valence-electron chi connectivity index (χ4n) is 1.62. The van der Waals surface area contributed by atoms with Crippen LogP contribution in [0.1, 0.15) is 39.3 Å². The fraction of sp³-hybridized carbons (Fsp3) is 0.538. The molecule has 1 aromatic rings. The van der Waals surface area contributed by atoms with Crippen molar-refractivity contribution in [3.05, 3.63) is 22.4 Å². The van der Waals surface area contributed by atoms with Crippen molar-refractivity contribution in [3.8, 4) is 0 Å². The quantitative estimate of drug-likeness (QED) is 0.893. The fourth-order valence-corrected chi connectivity index (χ4v) is 2.37. The van der Waals surface area contributed by atoms with Crippen molar-refractivity contribution in [2.75, 3.05) is 6.54 Å². The Kier molecular flexibility index (Phi) is 4.94. The second-order valence-corrected chi connectivity index (χ2v) is 6.16. The van der Waals surface area contributed by atoms with Gasteiger partial charge in [-0.2, -0.15) is 11.3 Å². The van der Waals surface area contributed by atoms with Crippen LogP contribution in [0.2, 0.25) is 0 Å². The number of carboxylic acid groups (broad SMARTS) is 1. The van der Waals surface area contributed by atoms with Gasteiger partial charge in [0.1, 0.15) is 6.54 Å². The van der Waals surface area contributed by atoms with Gasteiger partial charge in [0, 0.05) is 5.54 Å². The summed E-state index contributed by atoms with van der Waals surface area (Å²) in [4.78, 5) is 24.4. The molecule has 1 atom stereocenters. The minimum absolute atomic E-state index is 0.141. The Morgan fingerprint density at radius 3 is 2.53 bits per heavy atom. The van der Waals surface area contributed by atoms with Gasteiger partial charge in [-0.15, -0.1) is 0 Å². The van der Waals surface area contributed by atoms with Crippen molar-refractivity contribution in [2.24, 2.45) is 0 Å². The standard InChI is InChI=1S/C13H20N2O3S/c1-9(10-5-6-19-8-10)14-12(18)15(7-11(16)17)13(2,3)4/h5-6,8-9H,7H2,1-4H3,(H,14,18)(H,16,17). The second kappa shape index (κ2) is 6.06. The number of nitrogens with zero attached hydrogens (tertiary/aromatic N) is 1. The van der Waals surface area contributed by atoms with Crippen LogP contribution < -0.4 is 5.32 Å². The second-order valence-electron chi connectivity index (χ2n) is 5.38. The van der Waals surface area contributed by atoms with E-state index < -0.39 is 11.5 Å². The first-order valence-corrected chi connectivity index (χ1v) is 6.98. The van der Waals surface area contributed by atoms with Crippen molar-refractivity contribution in [3.63, 3.8) is 0 Å². The van der Waals surface area contributed by atoms with Gasteiger partial charge < -0.3 is 15.3 Å². The summed E-state index contributed by atoms with van der Waals surface area (Å²) in [5.41, 5.74) is 0.471. The van der Waals surface area contributed by atoms with E-state index in [0.29, 0.717) is 0 Å². The molecule has 5 nitrogen and oxygen atoms in total. The maximum atomic E-state index is 12.2. The highest BCUT2D eigenvalue weighted by Gasteiger charge is 2.29. The number of hydrogen-bond donors (Lipinski definition) is 2. The Hall–Kier alpha value is -1.56. The number of carboxylic acids is 1. The number of carbonyl (C=O) groups excluding carboxylic acids is 1. The molecule has 0 saturated carbocycles. The van der Waals surface area contributed by atoms with Gasteiger partial charge in [-0.1, -0.05) is 0 Å². The number of rotatable bonds is 4. The molecule has 106 valence electrons. The van der Waals surface area contributed by atoms with E-state index in [9.17, 15) is 9.59 Å². The molecule has 6 heteroatoms. The smallest absolute Gasteiger partial charge is 0.323 e. The molecule has 0 radical (unpaired) electrons. The lowest BCUT2D eigenvalue weighted by atomic mass is 10.1. The van der Waals surface area contributed by atoms with E-state index in [1.807, 2.05) is 44.5 Å². The maximum Gasteiger partial charge on any atom is 0.323 e. The summed E-state index contributed by atoms with van der Waals surface area (Å²) >= 11 is 1.56. The maximum absolute atomic E-state index is 12.2. The minimum atomic E-state index is -1.02. The zero-order valence-corrected chi connectivity index (χ0v) is 12.5. The average Bonchev–Trinajstić information content (AvgIpc) is 2.77. The van der Waals surface area contributed by atoms with E-state index in [1.54, 1.807) is 11.3 Å². The van der Waals surface area contributed by atoms with Gasteiger partial charge in [-0.3, -0.25) is 4.79 Å².